The maximum atomic E-state index is 12.8. The van der Waals surface area contributed by atoms with Crippen LogP contribution in [0.5, 0.6) is 5.75 Å². The Morgan fingerprint density at radius 1 is 1.14 bits per heavy atom. The first-order valence-corrected chi connectivity index (χ1v) is 11.6. The van der Waals surface area contributed by atoms with Crippen molar-refractivity contribution in [3.05, 3.63) is 24.3 Å². The Morgan fingerprint density at radius 2 is 1.90 bits per heavy atom. The Balaban J connectivity index is 1.43. The first-order valence-electron chi connectivity index (χ1n) is 11.6. The molecule has 1 unspecified atom stereocenters. The van der Waals surface area contributed by atoms with Crippen LogP contribution in [0.25, 0.3) is 0 Å². The molecule has 1 atom stereocenters. The molecule has 1 aromatic rings. The molecule has 1 heterocycles. The number of anilines is 1. The van der Waals surface area contributed by atoms with E-state index in [1.807, 2.05) is 24.3 Å². The van der Waals surface area contributed by atoms with Gasteiger partial charge in [0.05, 0.1) is 6.61 Å². The summed E-state index contributed by atoms with van der Waals surface area (Å²) in [5, 5.41) is 3.05. The van der Waals surface area contributed by atoms with Crippen LogP contribution in [-0.4, -0.2) is 48.8 Å². The van der Waals surface area contributed by atoms with E-state index < -0.39 is 5.60 Å². The Kier molecular flexibility index (Phi) is 8.37. The smallest absolute Gasteiger partial charge is 0.256 e. The van der Waals surface area contributed by atoms with Crippen LogP contribution in [0.2, 0.25) is 0 Å². The predicted molar refractivity (Wildman–Crippen MR) is 118 cm³/mol. The molecule has 0 aromatic heterocycles. The van der Waals surface area contributed by atoms with E-state index >= 15 is 0 Å². The van der Waals surface area contributed by atoms with E-state index in [1.165, 1.54) is 25.8 Å². The molecule has 1 saturated heterocycles. The van der Waals surface area contributed by atoms with Crippen molar-refractivity contribution in [1.29, 1.82) is 0 Å². The quantitative estimate of drug-likeness (QED) is 0.559. The molecule has 29 heavy (non-hydrogen) atoms. The number of benzene rings is 1. The molecule has 1 N–H and O–H groups in total. The summed E-state index contributed by atoms with van der Waals surface area (Å²) in [6.45, 7) is 8.09. The Bertz CT molecular complexity index is 626. The van der Waals surface area contributed by atoms with Gasteiger partial charge >= 0.3 is 0 Å². The van der Waals surface area contributed by atoms with E-state index in [0.717, 1.165) is 63.1 Å². The number of carbonyl (C=O) groups is 1. The van der Waals surface area contributed by atoms with Gasteiger partial charge in [0.25, 0.3) is 5.91 Å². The van der Waals surface area contributed by atoms with Crippen molar-refractivity contribution in [3.8, 4) is 5.75 Å². The van der Waals surface area contributed by atoms with E-state index in [-0.39, 0.29) is 5.91 Å². The highest BCUT2D eigenvalue weighted by atomic mass is 16.5. The lowest BCUT2D eigenvalue weighted by Gasteiger charge is -2.33. The molecule has 1 saturated carbocycles. The highest BCUT2D eigenvalue weighted by Gasteiger charge is 2.42. The maximum absolute atomic E-state index is 12.8. The fourth-order valence-electron chi connectivity index (χ4n) is 4.51. The third kappa shape index (κ3) is 6.19. The van der Waals surface area contributed by atoms with Crippen LogP contribution < -0.4 is 10.1 Å². The number of ether oxygens (including phenoxy) is 2. The van der Waals surface area contributed by atoms with Crippen LogP contribution in [0.3, 0.4) is 0 Å². The van der Waals surface area contributed by atoms with Crippen molar-refractivity contribution in [2.45, 2.75) is 83.3 Å². The van der Waals surface area contributed by atoms with Crippen molar-refractivity contribution in [1.82, 2.24) is 4.90 Å². The summed E-state index contributed by atoms with van der Waals surface area (Å²) < 4.78 is 11.9. The topological polar surface area (TPSA) is 50.8 Å². The number of nitrogens with zero attached hydrogens (tertiary/aromatic N) is 1. The monoisotopic (exact) mass is 402 g/mol. The van der Waals surface area contributed by atoms with Crippen LogP contribution in [-0.2, 0) is 9.53 Å². The summed E-state index contributed by atoms with van der Waals surface area (Å²) in [5.74, 6) is 0.847. The van der Waals surface area contributed by atoms with E-state index in [0.29, 0.717) is 12.6 Å². The molecule has 5 heteroatoms. The maximum Gasteiger partial charge on any atom is 0.256 e. The second kappa shape index (κ2) is 11.0. The first kappa shape index (κ1) is 22.1. The van der Waals surface area contributed by atoms with Crippen LogP contribution in [0.4, 0.5) is 5.69 Å². The van der Waals surface area contributed by atoms with E-state index in [2.05, 4.69) is 24.1 Å². The van der Waals surface area contributed by atoms with Gasteiger partial charge in [0.2, 0.25) is 0 Å². The number of carbonyl (C=O) groups excluding carboxylic acids is 1. The van der Waals surface area contributed by atoms with Gasteiger partial charge in [-0.15, -0.1) is 0 Å². The number of piperidine rings is 1. The summed E-state index contributed by atoms with van der Waals surface area (Å²) in [7, 11) is 0. The molecule has 0 bridgehead atoms. The number of amides is 1. The molecule has 1 aromatic carbocycles. The summed E-state index contributed by atoms with van der Waals surface area (Å²) in [6, 6.07) is 8.42. The average Bonchev–Trinajstić information content (AvgIpc) is 3.22. The van der Waals surface area contributed by atoms with Crippen LogP contribution in [0, 0.1) is 0 Å². The highest BCUT2D eigenvalue weighted by Crippen LogP contribution is 2.34. The minimum atomic E-state index is -0.642. The molecule has 162 valence electrons. The molecule has 0 radical (unpaired) electrons. The molecule has 0 spiro atoms. The van der Waals surface area contributed by atoms with Gasteiger partial charge in [-0.3, -0.25) is 4.79 Å². The lowest BCUT2D eigenvalue weighted by Crippen LogP contribution is -2.43. The molecule has 2 fully saturated rings. The molecule has 3 rings (SSSR count). The number of nitrogens with one attached hydrogen (secondary N) is 1. The summed E-state index contributed by atoms with van der Waals surface area (Å²) in [6.07, 6.45) is 9.72. The number of hydrogen-bond acceptors (Lipinski definition) is 4. The summed E-state index contributed by atoms with van der Waals surface area (Å²) >= 11 is 0. The second-order valence-electron chi connectivity index (χ2n) is 8.61. The second-order valence-corrected chi connectivity index (χ2v) is 8.61. The Morgan fingerprint density at radius 3 is 2.59 bits per heavy atom. The summed E-state index contributed by atoms with van der Waals surface area (Å²) in [5.41, 5.74) is 0.160. The number of hydrogen-bond donors (Lipinski definition) is 1. The van der Waals surface area contributed by atoms with Crippen molar-refractivity contribution in [2.75, 3.05) is 31.6 Å². The normalized spacial score (nSPS) is 21.8. The van der Waals surface area contributed by atoms with Crippen molar-refractivity contribution >= 4 is 11.6 Å². The van der Waals surface area contributed by atoms with Gasteiger partial charge in [-0.25, -0.2) is 0 Å². The van der Waals surface area contributed by atoms with E-state index in [9.17, 15) is 4.79 Å². The van der Waals surface area contributed by atoms with Crippen LogP contribution in [0.15, 0.2) is 24.3 Å². The van der Waals surface area contributed by atoms with Gasteiger partial charge in [-0.2, -0.15) is 0 Å². The molecule has 5 nitrogen and oxygen atoms in total. The molecule has 2 aliphatic rings. The van der Waals surface area contributed by atoms with Crippen molar-refractivity contribution in [2.24, 2.45) is 0 Å². The Hall–Kier alpha value is -1.59. The van der Waals surface area contributed by atoms with Gasteiger partial charge in [-0.05, 0) is 89.1 Å². The number of rotatable bonds is 10. The van der Waals surface area contributed by atoms with Crippen molar-refractivity contribution in [3.63, 3.8) is 0 Å². The minimum Gasteiger partial charge on any atom is -0.494 e. The zero-order valence-electron chi connectivity index (χ0n) is 18.3. The highest BCUT2D eigenvalue weighted by molar-refractivity contribution is 5.97. The number of likely N-dealkylation sites (tertiary alicyclic amines) is 1. The lowest BCUT2D eigenvalue weighted by atomic mass is 10.0. The summed E-state index contributed by atoms with van der Waals surface area (Å²) in [4.78, 5) is 15.4. The van der Waals surface area contributed by atoms with Crippen LogP contribution in [0.1, 0.15) is 71.6 Å². The zero-order valence-corrected chi connectivity index (χ0v) is 18.3. The van der Waals surface area contributed by atoms with Gasteiger partial charge in [-0.1, -0.05) is 13.3 Å². The van der Waals surface area contributed by atoms with E-state index in [4.69, 9.17) is 9.47 Å². The van der Waals surface area contributed by atoms with Crippen LogP contribution >= 0.6 is 0 Å². The van der Waals surface area contributed by atoms with Crippen molar-refractivity contribution < 1.29 is 14.3 Å². The lowest BCUT2D eigenvalue weighted by molar-refractivity contribution is -0.140. The third-order valence-corrected chi connectivity index (χ3v) is 6.32. The first-order chi connectivity index (χ1) is 14.1. The van der Waals surface area contributed by atoms with Gasteiger partial charge in [0.15, 0.2) is 0 Å². The molecule has 1 aliphatic heterocycles. The minimum absolute atomic E-state index is 0.00669. The molecule has 1 amide bonds. The molecular formula is C24H38N2O3. The standard InChI is InChI=1S/C24H38N2O3/c1-3-18-29-24(14-5-6-15-24)23(27)25-21-10-12-22(13-11-21)28-19-8-17-26-16-7-4-9-20(26)2/h10-13,20H,3-9,14-19H2,1-2H3,(H,25,27). The fourth-order valence-corrected chi connectivity index (χ4v) is 4.51. The SMILES string of the molecule is CCCOC1(C(=O)Nc2ccc(OCCCN3CCCCC3C)cc2)CCCC1. The third-order valence-electron chi connectivity index (χ3n) is 6.32. The average molecular weight is 403 g/mol. The van der Waals surface area contributed by atoms with E-state index in [1.54, 1.807) is 0 Å². The largest absolute Gasteiger partial charge is 0.494 e. The van der Waals surface area contributed by atoms with Gasteiger partial charge in [0.1, 0.15) is 11.4 Å². The Labute approximate surface area is 176 Å². The van der Waals surface area contributed by atoms with Gasteiger partial charge in [0, 0.05) is 24.9 Å². The zero-order chi connectivity index (χ0) is 20.5. The van der Waals surface area contributed by atoms with Gasteiger partial charge < -0.3 is 19.7 Å². The molecular weight excluding hydrogens is 364 g/mol. The molecule has 1 aliphatic carbocycles. The fraction of sp³-hybridized carbons (Fsp3) is 0.708. The predicted octanol–water partition coefficient (Wildman–Crippen LogP) is 5.01.